The van der Waals surface area contributed by atoms with Gasteiger partial charge in [0.15, 0.2) is 0 Å². The normalized spacial score (nSPS) is 11.4. The molecule has 0 aliphatic heterocycles. The largest absolute Gasteiger partial charge is 0.480 e. The van der Waals surface area contributed by atoms with Gasteiger partial charge in [-0.3, -0.25) is 4.79 Å². The molecule has 0 aromatic carbocycles. The molecule has 94 valence electrons. The number of aliphatic carboxylic acids is 1. The predicted molar refractivity (Wildman–Crippen MR) is 61.4 cm³/mol. The predicted octanol–water partition coefficient (Wildman–Crippen LogP) is 0.0526. The second-order valence-corrected chi connectivity index (χ2v) is 4.62. The van der Waals surface area contributed by atoms with Crippen LogP contribution in [-0.2, 0) is 4.79 Å². The third-order valence-electron chi connectivity index (χ3n) is 2.60. The van der Waals surface area contributed by atoms with Gasteiger partial charge in [0.25, 0.3) is 0 Å². The Balaban J connectivity index is 4.12. The first-order chi connectivity index (χ1) is 7.16. The van der Waals surface area contributed by atoms with Gasteiger partial charge in [-0.1, -0.05) is 0 Å². The van der Waals surface area contributed by atoms with E-state index in [4.69, 9.17) is 5.11 Å². The van der Waals surface area contributed by atoms with Crippen LogP contribution >= 0.6 is 0 Å². The van der Waals surface area contributed by atoms with Crippen molar-refractivity contribution < 1.29 is 14.7 Å². The molecule has 0 atom stereocenters. The SMILES string of the molecule is CN(CC(=O)O)C(=O)NCC(C)(C)N(C)C. The van der Waals surface area contributed by atoms with Crippen molar-refractivity contribution in [2.24, 2.45) is 0 Å². The Kier molecular flexibility index (Phi) is 5.23. The zero-order chi connectivity index (χ0) is 12.9. The van der Waals surface area contributed by atoms with Crippen molar-refractivity contribution in [1.29, 1.82) is 0 Å². The summed E-state index contributed by atoms with van der Waals surface area (Å²) in [4.78, 5) is 25.0. The molecule has 0 fully saturated rings. The average Bonchev–Trinajstić information content (AvgIpc) is 2.12. The number of nitrogens with one attached hydrogen (secondary N) is 1. The number of hydrogen-bond acceptors (Lipinski definition) is 3. The summed E-state index contributed by atoms with van der Waals surface area (Å²) in [5, 5.41) is 11.2. The molecule has 0 aromatic heterocycles. The van der Waals surface area contributed by atoms with Crippen LogP contribution < -0.4 is 5.32 Å². The first kappa shape index (κ1) is 14.7. The van der Waals surface area contributed by atoms with Gasteiger partial charge < -0.3 is 20.2 Å². The van der Waals surface area contributed by atoms with Crippen LogP contribution in [0.15, 0.2) is 0 Å². The van der Waals surface area contributed by atoms with E-state index in [9.17, 15) is 9.59 Å². The van der Waals surface area contributed by atoms with E-state index < -0.39 is 5.97 Å². The maximum absolute atomic E-state index is 11.5. The maximum Gasteiger partial charge on any atom is 0.323 e. The number of carbonyl (C=O) groups excluding carboxylic acids is 1. The highest BCUT2D eigenvalue weighted by molar-refractivity contribution is 5.79. The standard InChI is InChI=1S/C10H21N3O3/c1-10(2,12(3)4)7-11-9(16)13(5)6-8(14)15/h6-7H2,1-5H3,(H,11,16)(H,14,15). The van der Waals surface area contributed by atoms with Gasteiger partial charge in [0.2, 0.25) is 0 Å². The Morgan fingerprint density at radius 2 is 1.75 bits per heavy atom. The fourth-order valence-electron chi connectivity index (χ4n) is 0.860. The highest BCUT2D eigenvalue weighted by atomic mass is 16.4. The van der Waals surface area contributed by atoms with Crippen LogP contribution in [0.3, 0.4) is 0 Å². The molecule has 0 saturated carbocycles. The first-order valence-electron chi connectivity index (χ1n) is 5.05. The van der Waals surface area contributed by atoms with Crippen molar-refractivity contribution in [3.05, 3.63) is 0 Å². The van der Waals surface area contributed by atoms with Crippen LogP contribution in [0, 0.1) is 0 Å². The Morgan fingerprint density at radius 3 is 2.12 bits per heavy atom. The van der Waals surface area contributed by atoms with Gasteiger partial charge in [-0.25, -0.2) is 4.79 Å². The molecule has 6 heteroatoms. The van der Waals surface area contributed by atoms with E-state index in [1.807, 2.05) is 32.8 Å². The van der Waals surface area contributed by atoms with E-state index in [1.54, 1.807) is 0 Å². The van der Waals surface area contributed by atoms with Gasteiger partial charge in [-0.15, -0.1) is 0 Å². The zero-order valence-electron chi connectivity index (χ0n) is 10.6. The summed E-state index contributed by atoms with van der Waals surface area (Å²) in [6.07, 6.45) is 0. The second kappa shape index (κ2) is 5.69. The molecule has 6 nitrogen and oxygen atoms in total. The maximum atomic E-state index is 11.5. The second-order valence-electron chi connectivity index (χ2n) is 4.62. The molecule has 0 saturated heterocycles. The molecule has 2 amide bonds. The molecule has 0 aliphatic carbocycles. The summed E-state index contributed by atoms with van der Waals surface area (Å²) in [6.45, 7) is 4.14. The quantitative estimate of drug-likeness (QED) is 0.701. The number of urea groups is 1. The van der Waals surface area contributed by atoms with Crippen LogP contribution in [0.5, 0.6) is 0 Å². The number of nitrogens with zero attached hydrogens (tertiary/aromatic N) is 2. The van der Waals surface area contributed by atoms with Crippen molar-refractivity contribution in [2.75, 3.05) is 34.2 Å². The third kappa shape index (κ3) is 4.97. The monoisotopic (exact) mass is 231 g/mol. The fraction of sp³-hybridized carbons (Fsp3) is 0.800. The van der Waals surface area contributed by atoms with Crippen molar-refractivity contribution >= 4 is 12.0 Å². The Labute approximate surface area is 96.2 Å². The van der Waals surface area contributed by atoms with Crippen LogP contribution in [0.25, 0.3) is 0 Å². The number of rotatable bonds is 5. The molecule has 0 rings (SSSR count). The van der Waals surface area contributed by atoms with Gasteiger partial charge >= 0.3 is 12.0 Å². The molecule has 0 bridgehead atoms. The van der Waals surface area contributed by atoms with Gasteiger partial charge in [0.05, 0.1) is 0 Å². The summed E-state index contributed by atoms with van der Waals surface area (Å²) in [5.41, 5.74) is -0.167. The molecule has 0 radical (unpaired) electrons. The minimum absolute atomic E-state index is 0.167. The third-order valence-corrected chi connectivity index (χ3v) is 2.60. The van der Waals surface area contributed by atoms with Crippen molar-refractivity contribution in [1.82, 2.24) is 15.1 Å². The molecule has 2 N–H and O–H groups in total. The minimum atomic E-state index is -1.02. The van der Waals surface area contributed by atoms with Crippen molar-refractivity contribution in [3.63, 3.8) is 0 Å². The number of carboxylic acid groups (broad SMARTS) is 1. The van der Waals surface area contributed by atoms with Crippen molar-refractivity contribution in [2.45, 2.75) is 19.4 Å². The molecular formula is C10H21N3O3. The fourth-order valence-corrected chi connectivity index (χ4v) is 0.860. The minimum Gasteiger partial charge on any atom is -0.480 e. The summed E-state index contributed by atoms with van der Waals surface area (Å²) in [7, 11) is 5.30. The van der Waals surface area contributed by atoms with E-state index in [0.29, 0.717) is 6.54 Å². The molecule has 0 spiro atoms. The Hall–Kier alpha value is -1.30. The van der Waals surface area contributed by atoms with Gasteiger partial charge in [-0.05, 0) is 27.9 Å². The lowest BCUT2D eigenvalue weighted by Gasteiger charge is -2.33. The molecular weight excluding hydrogens is 210 g/mol. The summed E-state index contributed by atoms with van der Waals surface area (Å²) >= 11 is 0. The van der Waals surface area contributed by atoms with E-state index in [0.717, 1.165) is 4.90 Å². The van der Waals surface area contributed by atoms with E-state index in [-0.39, 0.29) is 18.1 Å². The van der Waals surface area contributed by atoms with Crippen LogP contribution in [-0.4, -0.2) is 66.7 Å². The molecule has 16 heavy (non-hydrogen) atoms. The highest BCUT2D eigenvalue weighted by Gasteiger charge is 2.22. The smallest absolute Gasteiger partial charge is 0.323 e. The molecule has 0 aliphatic rings. The lowest BCUT2D eigenvalue weighted by atomic mass is 10.0. The van der Waals surface area contributed by atoms with E-state index in [2.05, 4.69) is 5.32 Å². The van der Waals surface area contributed by atoms with Crippen LogP contribution in [0.1, 0.15) is 13.8 Å². The van der Waals surface area contributed by atoms with Crippen LogP contribution in [0.2, 0.25) is 0 Å². The molecule has 0 unspecified atom stereocenters. The van der Waals surface area contributed by atoms with Gasteiger partial charge in [0.1, 0.15) is 6.54 Å². The van der Waals surface area contributed by atoms with Gasteiger partial charge in [0, 0.05) is 19.1 Å². The van der Waals surface area contributed by atoms with E-state index in [1.165, 1.54) is 7.05 Å². The summed E-state index contributed by atoms with van der Waals surface area (Å²) in [6, 6.07) is -0.377. The Bertz CT molecular complexity index is 264. The summed E-state index contributed by atoms with van der Waals surface area (Å²) in [5.74, 6) is -1.02. The zero-order valence-corrected chi connectivity index (χ0v) is 10.6. The lowest BCUT2D eigenvalue weighted by Crippen LogP contribution is -2.51. The van der Waals surface area contributed by atoms with E-state index >= 15 is 0 Å². The van der Waals surface area contributed by atoms with Crippen LogP contribution in [0.4, 0.5) is 4.79 Å². The summed E-state index contributed by atoms with van der Waals surface area (Å²) < 4.78 is 0. The number of carboxylic acids is 1. The Morgan fingerprint density at radius 1 is 1.25 bits per heavy atom. The number of likely N-dealkylation sites (N-methyl/N-ethyl adjacent to an activating group) is 2. The number of hydrogen-bond donors (Lipinski definition) is 2. The first-order valence-corrected chi connectivity index (χ1v) is 5.05. The topological polar surface area (TPSA) is 72.9 Å². The van der Waals surface area contributed by atoms with Crippen molar-refractivity contribution in [3.8, 4) is 0 Å². The molecule has 0 aromatic rings. The lowest BCUT2D eigenvalue weighted by molar-refractivity contribution is -0.137. The number of carbonyl (C=O) groups is 2. The van der Waals surface area contributed by atoms with Gasteiger partial charge in [-0.2, -0.15) is 0 Å². The molecule has 0 heterocycles. The average molecular weight is 231 g/mol. The number of amides is 2. The highest BCUT2D eigenvalue weighted by Crippen LogP contribution is 2.07.